The van der Waals surface area contributed by atoms with E-state index in [1.807, 2.05) is 25.1 Å². The Balaban J connectivity index is 1.58. The third kappa shape index (κ3) is 3.56. The lowest BCUT2D eigenvalue weighted by Gasteiger charge is -2.14. The number of anilines is 1. The second-order valence-corrected chi connectivity index (χ2v) is 10.2. The summed E-state index contributed by atoms with van der Waals surface area (Å²) in [6.45, 7) is 1.93. The average molecular weight is 455 g/mol. The van der Waals surface area contributed by atoms with Gasteiger partial charge >= 0.3 is 0 Å². The second kappa shape index (κ2) is 7.04. The van der Waals surface area contributed by atoms with Crippen LogP contribution in [0.5, 0.6) is 0 Å². The van der Waals surface area contributed by atoms with Crippen molar-refractivity contribution in [2.24, 2.45) is 10.1 Å². The van der Waals surface area contributed by atoms with Crippen LogP contribution < -0.4 is 10.5 Å². The van der Waals surface area contributed by atoms with Crippen LogP contribution in [0.25, 0.3) is 5.57 Å². The third-order valence-corrected chi connectivity index (χ3v) is 7.24. The minimum absolute atomic E-state index is 0.0111. The van der Waals surface area contributed by atoms with E-state index in [0.29, 0.717) is 27.0 Å². The summed E-state index contributed by atoms with van der Waals surface area (Å²) >= 11 is 1.17. The van der Waals surface area contributed by atoms with Crippen LogP contribution in [0.3, 0.4) is 0 Å². The van der Waals surface area contributed by atoms with Crippen molar-refractivity contribution in [2.75, 3.05) is 5.32 Å². The van der Waals surface area contributed by atoms with Crippen LogP contribution in [0, 0.1) is 6.92 Å². The number of amides is 2. The van der Waals surface area contributed by atoms with Gasteiger partial charge in [-0.05, 0) is 67.9 Å². The zero-order valence-corrected chi connectivity index (χ0v) is 18.1. The molecule has 0 radical (unpaired) electrons. The molecule has 5 rings (SSSR count). The summed E-state index contributed by atoms with van der Waals surface area (Å²) in [6, 6.07) is 11.5. The molecular formula is C21H18N4O4S2. The van der Waals surface area contributed by atoms with Crippen molar-refractivity contribution < 1.29 is 18.0 Å². The number of benzene rings is 2. The van der Waals surface area contributed by atoms with Crippen LogP contribution in [-0.2, 0) is 19.6 Å². The highest BCUT2D eigenvalue weighted by Crippen LogP contribution is 2.46. The number of carbonyl (C=O) groups excluding carboxylic acids is 2. The van der Waals surface area contributed by atoms with Crippen molar-refractivity contribution in [2.45, 2.75) is 30.7 Å². The van der Waals surface area contributed by atoms with Gasteiger partial charge in [0.2, 0.25) is 10.0 Å². The van der Waals surface area contributed by atoms with E-state index >= 15 is 0 Å². The standard InChI is InChI=1S/C21H18N4O4S2/c1-11-2-9-16-15(10-11)17(19(26)24-16)18-20(27)25(13-5-6-13)21(30-18)23-12-3-7-14(8-4-12)31(22,28)29/h2-4,7-10,13H,5-6H2,1H3,(H,24,26)(H2,22,28,29)/b18-17-,23-21-. The van der Waals surface area contributed by atoms with Crippen molar-refractivity contribution in [1.82, 2.24) is 4.90 Å². The van der Waals surface area contributed by atoms with E-state index in [1.54, 1.807) is 4.90 Å². The molecule has 3 N–H and O–H groups in total. The number of fused-ring (bicyclic) bond motifs is 1. The Kier molecular flexibility index (Phi) is 4.54. The molecule has 2 aromatic rings. The SMILES string of the molecule is Cc1ccc2c(c1)/C(=C1/S/C(=N\c3ccc(S(N)(=O)=O)cc3)N(C3CC3)C1=O)C(=O)N2. The number of aliphatic imine (C=N–C) groups is 1. The summed E-state index contributed by atoms with van der Waals surface area (Å²) in [5.41, 5.74) is 3.26. The smallest absolute Gasteiger partial charge is 0.267 e. The molecule has 0 spiro atoms. The van der Waals surface area contributed by atoms with Gasteiger partial charge in [0.25, 0.3) is 11.8 Å². The molecule has 2 aliphatic heterocycles. The molecule has 1 saturated heterocycles. The number of nitrogens with one attached hydrogen (secondary N) is 1. The quantitative estimate of drug-likeness (QED) is 0.691. The summed E-state index contributed by atoms with van der Waals surface area (Å²) in [7, 11) is -3.80. The number of nitrogens with zero attached hydrogens (tertiary/aromatic N) is 2. The molecule has 158 valence electrons. The van der Waals surface area contributed by atoms with Crippen LogP contribution in [0.2, 0.25) is 0 Å². The maximum absolute atomic E-state index is 13.3. The van der Waals surface area contributed by atoms with Gasteiger partial charge in [0.15, 0.2) is 5.17 Å². The predicted octanol–water partition coefficient (Wildman–Crippen LogP) is 2.73. The molecule has 2 aromatic carbocycles. The van der Waals surface area contributed by atoms with Crippen molar-refractivity contribution in [3.05, 3.63) is 58.5 Å². The number of sulfonamides is 1. The zero-order valence-electron chi connectivity index (χ0n) is 16.5. The average Bonchev–Trinajstić information content (AvgIpc) is 3.42. The Bertz CT molecular complexity index is 1310. The lowest BCUT2D eigenvalue weighted by Crippen LogP contribution is -2.31. The van der Waals surface area contributed by atoms with Crippen molar-refractivity contribution in [3.63, 3.8) is 0 Å². The number of aryl methyl sites for hydroxylation is 1. The number of thioether (sulfide) groups is 1. The number of hydrogen-bond acceptors (Lipinski definition) is 6. The molecule has 3 aliphatic rings. The Morgan fingerprint density at radius 3 is 2.48 bits per heavy atom. The van der Waals surface area contributed by atoms with E-state index in [0.717, 1.165) is 24.0 Å². The van der Waals surface area contributed by atoms with E-state index in [-0.39, 0.29) is 22.8 Å². The number of nitrogens with two attached hydrogens (primary N) is 1. The van der Waals surface area contributed by atoms with Gasteiger partial charge in [0.1, 0.15) is 0 Å². The summed E-state index contributed by atoms with van der Waals surface area (Å²) in [5.74, 6) is -0.530. The van der Waals surface area contributed by atoms with Gasteiger partial charge in [-0.15, -0.1) is 0 Å². The van der Waals surface area contributed by atoms with E-state index in [4.69, 9.17) is 5.14 Å². The fourth-order valence-corrected chi connectivity index (χ4v) is 5.27. The number of primary sulfonamides is 1. The lowest BCUT2D eigenvalue weighted by atomic mass is 10.0. The number of rotatable bonds is 3. The van der Waals surface area contributed by atoms with Crippen molar-refractivity contribution >= 4 is 55.7 Å². The van der Waals surface area contributed by atoms with Gasteiger partial charge in [-0.25, -0.2) is 18.5 Å². The largest absolute Gasteiger partial charge is 0.321 e. The third-order valence-electron chi connectivity index (χ3n) is 5.26. The summed E-state index contributed by atoms with van der Waals surface area (Å²) in [6.07, 6.45) is 1.75. The fraction of sp³-hybridized carbons (Fsp3) is 0.190. The maximum atomic E-state index is 13.3. The molecule has 31 heavy (non-hydrogen) atoms. The van der Waals surface area contributed by atoms with Gasteiger partial charge in [-0.2, -0.15) is 0 Å². The first-order valence-corrected chi connectivity index (χ1v) is 12.0. The molecule has 1 saturated carbocycles. The van der Waals surface area contributed by atoms with E-state index in [2.05, 4.69) is 10.3 Å². The molecule has 8 nitrogen and oxygen atoms in total. The van der Waals surface area contributed by atoms with Crippen LogP contribution in [-0.4, -0.2) is 36.3 Å². The minimum Gasteiger partial charge on any atom is -0.321 e. The van der Waals surface area contributed by atoms with Crippen LogP contribution in [0.4, 0.5) is 11.4 Å². The number of carbonyl (C=O) groups is 2. The first kappa shape index (κ1) is 20.0. The molecule has 2 fully saturated rings. The van der Waals surface area contributed by atoms with Crippen LogP contribution in [0.1, 0.15) is 24.0 Å². The van der Waals surface area contributed by atoms with E-state index < -0.39 is 10.0 Å². The predicted molar refractivity (Wildman–Crippen MR) is 119 cm³/mol. The Hall–Kier alpha value is -2.95. The second-order valence-electron chi connectivity index (χ2n) is 7.65. The first-order chi connectivity index (χ1) is 14.7. The Labute approximate surface area is 183 Å². The molecule has 0 atom stereocenters. The summed E-state index contributed by atoms with van der Waals surface area (Å²) in [4.78, 5) is 32.6. The molecule has 0 aromatic heterocycles. The summed E-state index contributed by atoms with van der Waals surface area (Å²) < 4.78 is 22.9. The molecule has 0 unspecified atom stereocenters. The highest BCUT2D eigenvalue weighted by atomic mass is 32.2. The van der Waals surface area contributed by atoms with Gasteiger partial charge in [0.05, 0.1) is 21.1 Å². The van der Waals surface area contributed by atoms with E-state index in [9.17, 15) is 18.0 Å². The maximum Gasteiger partial charge on any atom is 0.267 e. The molecule has 2 amide bonds. The van der Waals surface area contributed by atoms with Crippen molar-refractivity contribution in [3.8, 4) is 0 Å². The number of amidine groups is 1. The Morgan fingerprint density at radius 2 is 1.84 bits per heavy atom. The van der Waals surface area contributed by atoms with Crippen LogP contribution >= 0.6 is 11.8 Å². The summed E-state index contributed by atoms with van der Waals surface area (Å²) in [5, 5.41) is 8.45. The van der Waals surface area contributed by atoms with Gasteiger partial charge < -0.3 is 5.32 Å². The van der Waals surface area contributed by atoms with Gasteiger partial charge in [0, 0.05) is 17.3 Å². The Morgan fingerprint density at radius 1 is 1.13 bits per heavy atom. The van der Waals surface area contributed by atoms with Gasteiger partial charge in [-0.1, -0.05) is 11.6 Å². The molecular weight excluding hydrogens is 436 g/mol. The fourth-order valence-electron chi connectivity index (χ4n) is 3.60. The molecule has 10 heteroatoms. The first-order valence-electron chi connectivity index (χ1n) is 9.62. The zero-order chi connectivity index (χ0) is 21.9. The molecule has 1 aliphatic carbocycles. The number of hydrogen-bond donors (Lipinski definition) is 2. The van der Waals surface area contributed by atoms with E-state index in [1.165, 1.54) is 36.0 Å². The highest BCUT2D eigenvalue weighted by Gasteiger charge is 2.46. The topological polar surface area (TPSA) is 122 Å². The molecule has 0 bridgehead atoms. The van der Waals surface area contributed by atoms with Crippen LogP contribution in [0.15, 0.2) is 57.3 Å². The lowest BCUT2D eigenvalue weighted by molar-refractivity contribution is -0.122. The normalized spacial score (nSPS) is 22.3. The van der Waals surface area contributed by atoms with Gasteiger partial charge in [-0.3, -0.25) is 14.5 Å². The minimum atomic E-state index is -3.80. The van der Waals surface area contributed by atoms with Crippen molar-refractivity contribution in [1.29, 1.82) is 0 Å². The highest BCUT2D eigenvalue weighted by molar-refractivity contribution is 8.18. The molecule has 2 heterocycles. The monoisotopic (exact) mass is 454 g/mol.